The van der Waals surface area contributed by atoms with E-state index in [1.165, 1.54) is 0 Å². The van der Waals surface area contributed by atoms with Gasteiger partial charge in [-0.2, -0.15) is 0 Å². The van der Waals surface area contributed by atoms with Crippen molar-refractivity contribution < 1.29 is 14.4 Å². The number of piperidine rings is 1. The van der Waals surface area contributed by atoms with Gasteiger partial charge in [0.2, 0.25) is 17.7 Å². The van der Waals surface area contributed by atoms with Gasteiger partial charge in [0.25, 0.3) is 0 Å². The van der Waals surface area contributed by atoms with E-state index >= 15 is 0 Å². The number of nitrogens with zero attached hydrogens (tertiary/aromatic N) is 3. The van der Waals surface area contributed by atoms with Crippen LogP contribution in [-0.4, -0.2) is 71.7 Å². The summed E-state index contributed by atoms with van der Waals surface area (Å²) in [6.45, 7) is 8.88. The molecular weight excluding hydrogens is 282 g/mol. The van der Waals surface area contributed by atoms with Crippen molar-refractivity contribution in [1.82, 2.24) is 14.7 Å². The van der Waals surface area contributed by atoms with E-state index in [-0.39, 0.29) is 29.7 Å². The number of hydrogen-bond donors (Lipinski definition) is 0. The van der Waals surface area contributed by atoms with Crippen LogP contribution in [-0.2, 0) is 14.4 Å². The third-order valence-corrected chi connectivity index (χ3v) is 4.31. The molecule has 2 saturated heterocycles. The Morgan fingerprint density at radius 3 is 2.09 bits per heavy atom. The number of likely N-dealkylation sites (tertiary alicyclic amines) is 1. The minimum absolute atomic E-state index is 0.00175. The molecule has 2 aliphatic rings. The van der Waals surface area contributed by atoms with Crippen LogP contribution in [0.25, 0.3) is 0 Å². The first kappa shape index (κ1) is 16.8. The summed E-state index contributed by atoms with van der Waals surface area (Å²) in [5, 5.41) is 0. The highest BCUT2D eigenvalue weighted by Gasteiger charge is 2.31. The van der Waals surface area contributed by atoms with Gasteiger partial charge in [-0.05, 0) is 12.8 Å². The van der Waals surface area contributed by atoms with Crippen molar-refractivity contribution in [3.63, 3.8) is 0 Å². The summed E-state index contributed by atoms with van der Waals surface area (Å²) < 4.78 is 0. The summed E-state index contributed by atoms with van der Waals surface area (Å²) in [5.41, 5.74) is -0.383. The Balaban J connectivity index is 1.82. The normalized spacial score (nSPS) is 20.3. The van der Waals surface area contributed by atoms with E-state index < -0.39 is 0 Å². The van der Waals surface area contributed by atoms with Crippen molar-refractivity contribution in [1.29, 1.82) is 0 Å². The lowest BCUT2D eigenvalue weighted by atomic mass is 9.94. The van der Waals surface area contributed by atoms with Crippen LogP contribution >= 0.6 is 0 Å². The number of carbonyl (C=O) groups excluding carboxylic acids is 3. The van der Waals surface area contributed by atoms with E-state index in [9.17, 15) is 14.4 Å². The van der Waals surface area contributed by atoms with E-state index in [1.54, 1.807) is 9.80 Å². The van der Waals surface area contributed by atoms with Crippen LogP contribution < -0.4 is 0 Å². The van der Waals surface area contributed by atoms with E-state index in [0.717, 1.165) is 12.8 Å². The van der Waals surface area contributed by atoms with Crippen LogP contribution in [0.15, 0.2) is 0 Å². The first-order valence-electron chi connectivity index (χ1n) is 8.14. The average molecular weight is 309 g/mol. The maximum atomic E-state index is 12.3. The van der Waals surface area contributed by atoms with Gasteiger partial charge in [-0.1, -0.05) is 20.8 Å². The van der Waals surface area contributed by atoms with Gasteiger partial charge >= 0.3 is 0 Å². The van der Waals surface area contributed by atoms with E-state index in [1.807, 2.05) is 25.7 Å². The third-order valence-electron chi connectivity index (χ3n) is 4.31. The Morgan fingerprint density at radius 2 is 1.55 bits per heavy atom. The lowest BCUT2D eigenvalue weighted by Crippen LogP contribution is -2.55. The van der Waals surface area contributed by atoms with Crippen molar-refractivity contribution >= 4 is 17.7 Å². The molecule has 0 saturated carbocycles. The zero-order valence-electron chi connectivity index (χ0n) is 13.9. The van der Waals surface area contributed by atoms with Gasteiger partial charge in [-0.15, -0.1) is 0 Å². The highest BCUT2D eigenvalue weighted by atomic mass is 16.2. The number of piperazine rings is 1. The molecule has 6 nitrogen and oxygen atoms in total. The van der Waals surface area contributed by atoms with Crippen LogP contribution in [0.3, 0.4) is 0 Å². The molecule has 0 aliphatic carbocycles. The summed E-state index contributed by atoms with van der Waals surface area (Å²) in [7, 11) is 0. The molecule has 0 aromatic heterocycles. The fourth-order valence-electron chi connectivity index (χ4n) is 2.93. The summed E-state index contributed by atoms with van der Waals surface area (Å²) in [4.78, 5) is 41.6. The average Bonchev–Trinajstić information content (AvgIpc) is 2.48. The van der Waals surface area contributed by atoms with Crippen molar-refractivity contribution in [3.05, 3.63) is 0 Å². The van der Waals surface area contributed by atoms with Gasteiger partial charge < -0.3 is 14.7 Å². The summed E-state index contributed by atoms with van der Waals surface area (Å²) in [6, 6.07) is 0. The first-order valence-corrected chi connectivity index (χ1v) is 8.14. The number of rotatable bonds is 2. The Hall–Kier alpha value is -1.59. The quantitative estimate of drug-likeness (QED) is 0.755. The Morgan fingerprint density at radius 1 is 0.955 bits per heavy atom. The molecule has 0 aromatic carbocycles. The van der Waals surface area contributed by atoms with Crippen LogP contribution in [0.4, 0.5) is 0 Å². The minimum atomic E-state index is -0.383. The zero-order chi connectivity index (χ0) is 16.3. The molecule has 2 rings (SSSR count). The van der Waals surface area contributed by atoms with Crippen molar-refractivity contribution in [2.75, 3.05) is 39.3 Å². The first-order chi connectivity index (χ1) is 10.3. The maximum Gasteiger partial charge on any atom is 0.242 e. The Labute approximate surface area is 132 Å². The highest BCUT2D eigenvalue weighted by molar-refractivity contribution is 5.86. The SMILES string of the molecule is CC(C)(C)C(=O)N1CCN(C(=O)CN2CCCCC2=O)CC1. The third kappa shape index (κ3) is 3.99. The molecule has 2 fully saturated rings. The van der Waals surface area contributed by atoms with Crippen LogP contribution in [0.1, 0.15) is 40.0 Å². The van der Waals surface area contributed by atoms with Gasteiger partial charge in [0, 0.05) is 44.6 Å². The monoisotopic (exact) mass is 309 g/mol. The molecule has 3 amide bonds. The van der Waals surface area contributed by atoms with Crippen LogP contribution in [0, 0.1) is 5.41 Å². The maximum absolute atomic E-state index is 12.3. The van der Waals surface area contributed by atoms with Gasteiger partial charge in [0.05, 0.1) is 6.54 Å². The molecule has 2 heterocycles. The van der Waals surface area contributed by atoms with Gasteiger partial charge in [-0.3, -0.25) is 14.4 Å². The van der Waals surface area contributed by atoms with E-state index in [0.29, 0.717) is 39.1 Å². The van der Waals surface area contributed by atoms with Crippen molar-refractivity contribution in [3.8, 4) is 0 Å². The molecule has 0 bridgehead atoms. The van der Waals surface area contributed by atoms with Gasteiger partial charge in [0.1, 0.15) is 0 Å². The highest BCUT2D eigenvalue weighted by Crippen LogP contribution is 2.19. The van der Waals surface area contributed by atoms with E-state index in [4.69, 9.17) is 0 Å². The topological polar surface area (TPSA) is 60.9 Å². The van der Waals surface area contributed by atoms with E-state index in [2.05, 4.69) is 0 Å². The summed E-state index contributed by atoms with van der Waals surface area (Å²) in [5.74, 6) is 0.213. The molecule has 0 unspecified atom stereocenters. The Bertz CT molecular complexity index is 448. The van der Waals surface area contributed by atoms with Crippen molar-refractivity contribution in [2.24, 2.45) is 5.41 Å². The Kier molecular flexibility index (Phi) is 5.08. The lowest BCUT2D eigenvalue weighted by molar-refractivity contribution is -0.147. The molecule has 0 radical (unpaired) electrons. The minimum Gasteiger partial charge on any atom is -0.339 e. The molecular formula is C16H27N3O3. The predicted molar refractivity (Wildman–Crippen MR) is 83.0 cm³/mol. The second-order valence-corrected chi connectivity index (χ2v) is 7.20. The number of hydrogen-bond acceptors (Lipinski definition) is 3. The van der Waals surface area contributed by atoms with Crippen LogP contribution in [0.2, 0.25) is 0 Å². The molecule has 0 spiro atoms. The standard InChI is InChI=1S/C16H27N3O3/c1-16(2,3)15(22)18-10-8-17(9-11-18)14(21)12-19-7-5-4-6-13(19)20/h4-12H2,1-3H3. The lowest BCUT2D eigenvalue weighted by Gasteiger charge is -2.38. The molecule has 124 valence electrons. The molecule has 2 aliphatic heterocycles. The molecule has 0 N–H and O–H groups in total. The molecule has 22 heavy (non-hydrogen) atoms. The number of carbonyl (C=O) groups is 3. The van der Waals surface area contributed by atoms with Gasteiger partial charge in [-0.25, -0.2) is 0 Å². The second kappa shape index (κ2) is 6.67. The molecule has 0 atom stereocenters. The van der Waals surface area contributed by atoms with Gasteiger partial charge in [0.15, 0.2) is 0 Å². The number of amides is 3. The summed E-state index contributed by atoms with van der Waals surface area (Å²) >= 11 is 0. The molecule has 0 aromatic rings. The predicted octanol–water partition coefficient (Wildman–Crippen LogP) is 0.716. The fraction of sp³-hybridized carbons (Fsp3) is 0.812. The van der Waals surface area contributed by atoms with Crippen LogP contribution in [0.5, 0.6) is 0 Å². The zero-order valence-corrected chi connectivity index (χ0v) is 13.9. The molecule has 6 heteroatoms. The largest absolute Gasteiger partial charge is 0.339 e. The smallest absolute Gasteiger partial charge is 0.242 e. The summed E-state index contributed by atoms with van der Waals surface area (Å²) in [6.07, 6.45) is 2.46. The van der Waals surface area contributed by atoms with Crippen molar-refractivity contribution in [2.45, 2.75) is 40.0 Å². The second-order valence-electron chi connectivity index (χ2n) is 7.20. The fourth-order valence-corrected chi connectivity index (χ4v) is 2.93.